The van der Waals surface area contributed by atoms with Gasteiger partial charge in [0, 0.05) is 20.1 Å². The van der Waals surface area contributed by atoms with E-state index in [1.54, 1.807) is 27.9 Å². The lowest BCUT2D eigenvalue weighted by molar-refractivity contribution is -0.122. The molecule has 1 rings (SSSR count). The first-order valence-electron chi connectivity index (χ1n) is 7.11. The van der Waals surface area contributed by atoms with Gasteiger partial charge in [-0.05, 0) is 40.0 Å². The molecule has 0 bridgehead atoms. The van der Waals surface area contributed by atoms with Crippen molar-refractivity contribution >= 4 is 12.0 Å². The molecule has 0 aromatic carbocycles. The van der Waals surface area contributed by atoms with Gasteiger partial charge in [0.15, 0.2) is 0 Å². The van der Waals surface area contributed by atoms with E-state index in [-0.39, 0.29) is 31.0 Å². The van der Waals surface area contributed by atoms with Gasteiger partial charge in [-0.3, -0.25) is 4.79 Å². The van der Waals surface area contributed by atoms with Gasteiger partial charge in [0.25, 0.3) is 0 Å². The van der Waals surface area contributed by atoms with E-state index in [0.717, 1.165) is 19.3 Å². The third kappa shape index (κ3) is 6.23. The monoisotopic (exact) mass is 286 g/mol. The van der Waals surface area contributed by atoms with E-state index >= 15 is 0 Å². The predicted octanol–water partition coefficient (Wildman–Crippen LogP) is 1.58. The first-order valence-corrected chi connectivity index (χ1v) is 7.11. The molecule has 2 N–H and O–H groups in total. The van der Waals surface area contributed by atoms with E-state index in [2.05, 4.69) is 10.6 Å². The van der Waals surface area contributed by atoms with Crippen molar-refractivity contribution in [3.8, 4) is 0 Å². The standard InChI is InChI=1S/C14H26N2O4/c1-14(2,3)20-13(18)15-9-8-12(17)16-10-6-5-7-11(10)19-4/h10-11H,5-9H2,1-4H3,(H,15,18)(H,16,17). The van der Waals surface area contributed by atoms with Gasteiger partial charge >= 0.3 is 6.09 Å². The van der Waals surface area contributed by atoms with Crippen molar-refractivity contribution in [3.63, 3.8) is 0 Å². The summed E-state index contributed by atoms with van der Waals surface area (Å²) in [5.74, 6) is -0.0741. The Morgan fingerprint density at radius 1 is 1.25 bits per heavy atom. The predicted molar refractivity (Wildman–Crippen MR) is 75.4 cm³/mol. The van der Waals surface area contributed by atoms with Crippen LogP contribution in [0.2, 0.25) is 0 Å². The highest BCUT2D eigenvalue weighted by molar-refractivity contribution is 5.77. The Bertz CT molecular complexity index is 339. The van der Waals surface area contributed by atoms with Crippen molar-refractivity contribution in [3.05, 3.63) is 0 Å². The summed E-state index contributed by atoms with van der Waals surface area (Å²) >= 11 is 0. The second kappa shape index (κ2) is 7.47. The van der Waals surface area contributed by atoms with Crippen molar-refractivity contribution < 1.29 is 19.1 Å². The lowest BCUT2D eigenvalue weighted by Gasteiger charge is -2.20. The largest absolute Gasteiger partial charge is 0.444 e. The van der Waals surface area contributed by atoms with Crippen LogP contribution in [0.5, 0.6) is 0 Å². The summed E-state index contributed by atoms with van der Waals surface area (Å²) in [4.78, 5) is 23.2. The maximum atomic E-state index is 11.8. The number of amides is 2. The van der Waals surface area contributed by atoms with Crippen LogP contribution in [0.3, 0.4) is 0 Å². The van der Waals surface area contributed by atoms with Crippen LogP contribution in [0.4, 0.5) is 4.79 Å². The average Bonchev–Trinajstić information content (AvgIpc) is 2.73. The Morgan fingerprint density at radius 2 is 1.95 bits per heavy atom. The molecule has 2 unspecified atom stereocenters. The van der Waals surface area contributed by atoms with Crippen LogP contribution in [0.15, 0.2) is 0 Å². The highest BCUT2D eigenvalue weighted by Gasteiger charge is 2.28. The summed E-state index contributed by atoms with van der Waals surface area (Å²) in [7, 11) is 1.67. The fourth-order valence-corrected chi connectivity index (χ4v) is 2.24. The maximum absolute atomic E-state index is 11.8. The molecule has 6 nitrogen and oxygen atoms in total. The van der Waals surface area contributed by atoms with Crippen molar-refractivity contribution in [1.82, 2.24) is 10.6 Å². The van der Waals surface area contributed by atoms with Crippen molar-refractivity contribution in [1.29, 1.82) is 0 Å². The van der Waals surface area contributed by atoms with E-state index in [9.17, 15) is 9.59 Å². The Hall–Kier alpha value is -1.30. The number of ether oxygens (including phenoxy) is 2. The molecule has 6 heteroatoms. The Kier molecular flexibility index (Phi) is 6.26. The van der Waals surface area contributed by atoms with E-state index < -0.39 is 11.7 Å². The quantitative estimate of drug-likeness (QED) is 0.804. The number of hydrogen-bond acceptors (Lipinski definition) is 4. The summed E-state index contributed by atoms with van der Waals surface area (Å²) < 4.78 is 10.4. The molecule has 0 aromatic rings. The van der Waals surface area contributed by atoms with Crippen LogP contribution in [0, 0.1) is 0 Å². The first kappa shape index (κ1) is 16.8. The summed E-state index contributed by atoms with van der Waals surface area (Å²) in [6.07, 6.45) is 2.85. The minimum Gasteiger partial charge on any atom is -0.444 e. The van der Waals surface area contributed by atoms with Gasteiger partial charge in [0.05, 0.1) is 12.1 Å². The molecule has 2 atom stereocenters. The zero-order valence-electron chi connectivity index (χ0n) is 12.8. The molecule has 0 radical (unpaired) electrons. The van der Waals surface area contributed by atoms with Gasteiger partial charge in [0.2, 0.25) is 5.91 Å². The molecule has 1 aliphatic rings. The van der Waals surface area contributed by atoms with Gasteiger partial charge in [0.1, 0.15) is 5.60 Å². The molecule has 0 aliphatic heterocycles. The molecule has 0 saturated heterocycles. The van der Waals surface area contributed by atoms with Gasteiger partial charge in [-0.1, -0.05) is 0 Å². The molecule has 0 aromatic heterocycles. The second-order valence-corrected chi connectivity index (χ2v) is 6.06. The van der Waals surface area contributed by atoms with E-state index in [1.165, 1.54) is 0 Å². The molecular weight excluding hydrogens is 260 g/mol. The maximum Gasteiger partial charge on any atom is 0.407 e. The SMILES string of the molecule is COC1CCCC1NC(=O)CCNC(=O)OC(C)(C)C. The van der Waals surface area contributed by atoms with E-state index in [4.69, 9.17) is 9.47 Å². The Balaban J connectivity index is 2.19. The highest BCUT2D eigenvalue weighted by atomic mass is 16.6. The minimum atomic E-state index is -0.526. The average molecular weight is 286 g/mol. The molecule has 1 aliphatic carbocycles. The van der Waals surface area contributed by atoms with Crippen LogP contribution in [-0.2, 0) is 14.3 Å². The minimum absolute atomic E-state index is 0.0741. The molecular formula is C14H26N2O4. The van der Waals surface area contributed by atoms with Crippen LogP contribution >= 0.6 is 0 Å². The summed E-state index contributed by atoms with van der Waals surface area (Å²) in [6.45, 7) is 5.66. The second-order valence-electron chi connectivity index (χ2n) is 6.06. The van der Waals surface area contributed by atoms with Crippen LogP contribution < -0.4 is 10.6 Å². The number of nitrogens with one attached hydrogen (secondary N) is 2. The lowest BCUT2D eigenvalue weighted by atomic mass is 10.2. The molecule has 0 spiro atoms. The molecule has 116 valence electrons. The van der Waals surface area contributed by atoms with Gasteiger partial charge in [-0.2, -0.15) is 0 Å². The van der Waals surface area contributed by atoms with Crippen LogP contribution in [0.1, 0.15) is 46.5 Å². The fraction of sp³-hybridized carbons (Fsp3) is 0.857. The third-order valence-electron chi connectivity index (χ3n) is 3.12. The van der Waals surface area contributed by atoms with Crippen molar-refractivity contribution in [2.45, 2.75) is 64.2 Å². The molecule has 1 saturated carbocycles. The topological polar surface area (TPSA) is 76.7 Å². The van der Waals surface area contributed by atoms with Crippen LogP contribution in [0.25, 0.3) is 0 Å². The van der Waals surface area contributed by atoms with E-state index in [1.807, 2.05) is 0 Å². The van der Waals surface area contributed by atoms with Gasteiger partial charge < -0.3 is 20.1 Å². The zero-order valence-corrected chi connectivity index (χ0v) is 12.8. The van der Waals surface area contributed by atoms with Crippen molar-refractivity contribution in [2.24, 2.45) is 0 Å². The third-order valence-corrected chi connectivity index (χ3v) is 3.12. The lowest BCUT2D eigenvalue weighted by Crippen LogP contribution is -2.42. The number of carbonyl (C=O) groups is 2. The van der Waals surface area contributed by atoms with Gasteiger partial charge in [-0.15, -0.1) is 0 Å². The molecule has 20 heavy (non-hydrogen) atoms. The summed E-state index contributed by atoms with van der Waals surface area (Å²) in [5.41, 5.74) is -0.526. The smallest absolute Gasteiger partial charge is 0.407 e. The summed E-state index contributed by atoms with van der Waals surface area (Å²) in [6, 6.07) is 0.0917. The molecule has 1 fully saturated rings. The fourth-order valence-electron chi connectivity index (χ4n) is 2.24. The first-order chi connectivity index (χ1) is 9.31. The number of rotatable bonds is 5. The van der Waals surface area contributed by atoms with Crippen LogP contribution in [-0.4, -0.2) is 43.4 Å². The zero-order chi connectivity index (χ0) is 15.2. The normalized spacial score (nSPS) is 22.4. The number of carbonyl (C=O) groups excluding carboxylic acids is 2. The Morgan fingerprint density at radius 3 is 2.55 bits per heavy atom. The summed E-state index contributed by atoms with van der Waals surface area (Å²) in [5, 5.41) is 5.51. The number of alkyl carbamates (subject to hydrolysis) is 1. The molecule has 2 amide bonds. The van der Waals surface area contributed by atoms with Gasteiger partial charge in [-0.25, -0.2) is 4.79 Å². The van der Waals surface area contributed by atoms with E-state index in [0.29, 0.717) is 0 Å². The number of hydrogen-bond donors (Lipinski definition) is 2. The number of methoxy groups -OCH3 is 1. The molecule has 0 heterocycles. The van der Waals surface area contributed by atoms with Crippen molar-refractivity contribution in [2.75, 3.05) is 13.7 Å². The highest BCUT2D eigenvalue weighted by Crippen LogP contribution is 2.21. The Labute approximate surface area is 120 Å².